The van der Waals surface area contributed by atoms with Crippen molar-refractivity contribution in [1.29, 1.82) is 0 Å². The molecule has 1 aromatic rings. The van der Waals surface area contributed by atoms with Crippen LogP contribution in [0.2, 0.25) is 0 Å². The predicted molar refractivity (Wildman–Crippen MR) is 91.1 cm³/mol. The van der Waals surface area contributed by atoms with E-state index >= 15 is 0 Å². The Labute approximate surface area is 153 Å². The van der Waals surface area contributed by atoms with Crippen LogP contribution >= 0.6 is 0 Å². The molecule has 1 aliphatic rings. The molecule has 0 bridgehead atoms. The van der Waals surface area contributed by atoms with Gasteiger partial charge in [-0.1, -0.05) is 0 Å². The highest BCUT2D eigenvalue weighted by molar-refractivity contribution is 5.74. The van der Waals surface area contributed by atoms with E-state index in [1.807, 2.05) is 0 Å². The Kier molecular flexibility index (Phi) is 6.75. The number of hydrogen-bond donors (Lipinski definition) is 0. The van der Waals surface area contributed by atoms with Crippen LogP contribution in [-0.2, 0) is 14.3 Å². The molecule has 0 aromatic heterocycles. The van der Waals surface area contributed by atoms with Crippen LogP contribution in [0, 0.1) is 20.2 Å². The van der Waals surface area contributed by atoms with E-state index in [1.54, 1.807) is 0 Å². The molecule has 0 saturated heterocycles. The van der Waals surface area contributed by atoms with Gasteiger partial charge in [-0.3, -0.25) is 29.8 Å². The normalized spacial score (nSPS) is 13.2. The first-order valence-electron chi connectivity index (χ1n) is 8.05. The van der Waals surface area contributed by atoms with Gasteiger partial charge in [-0.25, -0.2) is 0 Å². The molecule has 142 valence electrons. The lowest BCUT2D eigenvalue weighted by Crippen LogP contribution is -2.11. The molecule has 0 amide bonds. The monoisotopic (exact) mass is 376 g/mol. The number of ether oxygens (including phenoxy) is 2. The van der Waals surface area contributed by atoms with Gasteiger partial charge in [0.15, 0.2) is 0 Å². The molecule has 0 radical (unpaired) electrons. The van der Waals surface area contributed by atoms with Gasteiger partial charge in [0.1, 0.15) is 11.5 Å². The van der Waals surface area contributed by atoms with Gasteiger partial charge >= 0.3 is 11.9 Å². The number of esters is 2. The molecule has 0 unspecified atom stereocenters. The van der Waals surface area contributed by atoms with Crippen LogP contribution in [0.4, 0.5) is 5.69 Å². The van der Waals surface area contributed by atoms with Gasteiger partial charge in [0.2, 0.25) is 5.70 Å². The quantitative estimate of drug-likeness (QED) is 0.292. The summed E-state index contributed by atoms with van der Waals surface area (Å²) in [7, 11) is 0. The van der Waals surface area contributed by atoms with Gasteiger partial charge in [0, 0.05) is 43.9 Å². The second-order valence-corrected chi connectivity index (χ2v) is 5.60. The average Bonchev–Trinajstić information content (AvgIpc) is 2.62. The predicted octanol–water partition coefficient (Wildman–Crippen LogP) is 3.05. The highest BCUT2D eigenvalue weighted by Gasteiger charge is 2.18. The largest absolute Gasteiger partial charge is 0.431 e. The fraction of sp³-hybridized carbons (Fsp3) is 0.294. The van der Waals surface area contributed by atoms with Crippen molar-refractivity contribution in [1.82, 2.24) is 0 Å². The number of hydrogen-bond acceptors (Lipinski definition) is 8. The van der Waals surface area contributed by atoms with E-state index in [9.17, 15) is 29.8 Å². The van der Waals surface area contributed by atoms with Crippen LogP contribution in [-0.4, -0.2) is 21.8 Å². The number of allylic oxidation sites excluding steroid dienone is 4. The molecule has 1 aliphatic carbocycles. The smallest absolute Gasteiger partial charge is 0.311 e. The minimum absolute atomic E-state index is 0.0154. The maximum absolute atomic E-state index is 11.7. The lowest BCUT2D eigenvalue weighted by atomic mass is 10.1. The van der Waals surface area contributed by atoms with Crippen molar-refractivity contribution in [2.45, 2.75) is 32.1 Å². The second kappa shape index (κ2) is 9.22. The van der Waals surface area contributed by atoms with Crippen molar-refractivity contribution >= 4 is 17.6 Å². The van der Waals surface area contributed by atoms with E-state index in [1.165, 1.54) is 36.4 Å². The van der Waals surface area contributed by atoms with Gasteiger partial charge in [0.05, 0.1) is 9.85 Å². The van der Waals surface area contributed by atoms with E-state index in [-0.39, 0.29) is 49.2 Å². The first-order valence-corrected chi connectivity index (χ1v) is 8.05. The molecular formula is C17H16N2O8. The van der Waals surface area contributed by atoms with E-state index in [0.29, 0.717) is 5.76 Å². The molecule has 2 rings (SSSR count). The fourth-order valence-electron chi connectivity index (χ4n) is 2.24. The number of nitro groups is 2. The van der Waals surface area contributed by atoms with Crippen molar-refractivity contribution in [3.63, 3.8) is 0 Å². The van der Waals surface area contributed by atoms with Crippen molar-refractivity contribution in [3.05, 3.63) is 68.1 Å². The standard InChI is InChI=1S/C17H16N2O8/c20-16(26-14-8-4-12(5-9-14)18(22)23)2-1-3-17(21)27-15-10-6-13(7-11-15)19(24)25/h4-6,8-10H,1-3,7,11H2. The van der Waals surface area contributed by atoms with Crippen molar-refractivity contribution < 1.29 is 28.9 Å². The minimum Gasteiger partial charge on any atom is -0.431 e. The zero-order valence-electron chi connectivity index (χ0n) is 14.2. The number of non-ortho nitro benzene ring substituents is 1. The van der Waals surface area contributed by atoms with Crippen LogP contribution in [0.5, 0.6) is 5.75 Å². The molecule has 0 aliphatic heterocycles. The summed E-state index contributed by atoms with van der Waals surface area (Å²) in [5, 5.41) is 21.1. The summed E-state index contributed by atoms with van der Waals surface area (Å²) in [6, 6.07) is 5.06. The van der Waals surface area contributed by atoms with Gasteiger partial charge in [-0.05, 0) is 24.6 Å². The first kappa shape index (κ1) is 19.8. The van der Waals surface area contributed by atoms with Gasteiger partial charge in [-0.15, -0.1) is 0 Å². The van der Waals surface area contributed by atoms with Gasteiger partial charge in [0.25, 0.3) is 5.69 Å². The van der Waals surface area contributed by atoms with Crippen molar-refractivity contribution in [2.75, 3.05) is 0 Å². The Morgan fingerprint density at radius 3 is 2.04 bits per heavy atom. The molecule has 0 fully saturated rings. The third-order valence-electron chi connectivity index (χ3n) is 3.61. The zero-order chi connectivity index (χ0) is 19.8. The summed E-state index contributed by atoms with van der Waals surface area (Å²) in [5.74, 6) is -0.595. The summed E-state index contributed by atoms with van der Waals surface area (Å²) in [6.45, 7) is 0. The van der Waals surface area contributed by atoms with E-state index in [2.05, 4.69) is 0 Å². The van der Waals surface area contributed by atoms with Crippen LogP contribution in [0.25, 0.3) is 0 Å². The Balaban J connectivity index is 1.71. The van der Waals surface area contributed by atoms with Crippen LogP contribution < -0.4 is 4.74 Å². The maximum Gasteiger partial charge on any atom is 0.311 e. The fourth-order valence-corrected chi connectivity index (χ4v) is 2.24. The molecule has 0 atom stereocenters. The van der Waals surface area contributed by atoms with Crippen LogP contribution in [0.15, 0.2) is 47.9 Å². The third kappa shape index (κ3) is 6.34. The molecule has 0 spiro atoms. The Bertz CT molecular complexity index is 811. The maximum atomic E-state index is 11.7. The number of nitro benzene ring substituents is 1. The molecule has 0 N–H and O–H groups in total. The molecule has 1 aromatic carbocycles. The number of nitrogens with zero attached hydrogens (tertiary/aromatic N) is 2. The third-order valence-corrected chi connectivity index (χ3v) is 3.61. The number of carbonyl (C=O) groups excluding carboxylic acids is 2. The molecule has 0 saturated carbocycles. The number of benzene rings is 1. The summed E-state index contributed by atoms with van der Waals surface area (Å²) in [4.78, 5) is 43.5. The summed E-state index contributed by atoms with van der Waals surface area (Å²) in [5.41, 5.74) is -0.0569. The minimum atomic E-state index is -0.577. The van der Waals surface area contributed by atoms with Crippen LogP contribution in [0.1, 0.15) is 32.1 Å². The highest BCUT2D eigenvalue weighted by atomic mass is 16.6. The summed E-state index contributed by atoms with van der Waals surface area (Å²) < 4.78 is 10.1. The SMILES string of the molecule is O=C(CCCC(=O)Oc1ccc([N+](=O)[O-])cc1)OC1=CC=C([N+](=O)[O-])CC1. The Hall–Kier alpha value is -3.56. The van der Waals surface area contributed by atoms with Crippen molar-refractivity contribution in [3.8, 4) is 5.75 Å². The van der Waals surface area contributed by atoms with Gasteiger partial charge < -0.3 is 9.47 Å². The molecule has 0 heterocycles. The second-order valence-electron chi connectivity index (χ2n) is 5.60. The van der Waals surface area contributed by atoms with E-state index < -0.39 is 21.8 Å². The first-order chi connectivity index (χ1) is 12.8. The highest BCUT2D eigenvalue weighted by Crippen LogP contribution is 2.21. The Morgan fingerprint density at radius 2 is 1.52 bits per heavy atom. The number of rotatable bonds is 8. The summed E-state index contributed by atoms with van der Waals surface area (Å²) in [6.07, 6.45) is 3.30. The molecule has 10 nitrogen and oxygen atoms in total. The van der Waals surface area contributed by atoms with Crippen molar-refractivity contribution in [2.24, 2.45) is 0 Å². The number of carbonyl (C=O) groups is 2. The molecule has 27 heavy (non-hydrogen) atoms. The van der Waals surface area contributed by atoms with Gasteiger partial charge in [-0.2, -0.15) is 0 Å². The Morgan fingerprint density at radius 1 is 0.889 bits per heavy atom. The summed E-state index contributed by atoms with van der Waals surface area (Å²) >= 11 is 0. The molecule has 10 heteroatoms. The molecular weight excluding hydrogens is 360 g/mol. The van der Waals surface area contributed by atoms with E-state index in [0.717, 1.165) is 0 Å². The van der Waals surface area contributed by atoms with Crippen LogP contribution in [0.3, 0.4) is 0 Å². The lowest BCUT2D eigenvalue weighted by molar-refractivity contribution is -0.428. The topological polar surface area (TPSA) is 139 Å². The average molecular weight is 376 g/mol. The van der Waals surface area contributed by atoms with E-state index in [4.69, 9.17) is 9.47 Å². The zero-order valence-corrected chi connectivity index (χ0v) is 14.2. The lowest BCUT2D eigenvalue weighted by Gasteiger charge is -2.10.